The van der Waals surface area contributed by atoms with Gasteiger partial charge in [0.05, 0.1) is 0 Å². The van der Waals surface area contributed by atoms with Crippen LogP contribution in [-0.4, -0.2) is 16.7 Å². The standard InChI is InChI=1S/C16H15N3O/c17-11-10-12-6-8-14(9-7-12)16-19-18-15(20-16)13-4-2-1-3-5-13/h1-9H,10-11,17H2. The first-order valence-electron chi connectivity index (χ1n) is 6.55. The second-order valence-corrected chi connectivity index (χ2v) is 4.51. The van der Waals surface area contributed by atoms with Crippen molar-refractivity contribution in [3.05, 3.63) is 60.2 Å². The predicted molar refractivity (Wildman–Crippen MR) is 77.9 cm³/mol. The zero-order valence-corrected chi connectivity index (χ0v) is 11.0. The summed E-state index contributed by atoms with van der Waals surface area (Å²) in [4.78, 5) is 0. The molecule has 4 nitrogen and oxygen atoms in total. The molecule has 0 saturated carbocycles. The molecule has 0 amide bonds. The van der Waals surface area contributed by atoms with Crippen LogP contribution in [0.1, 0.15) is 5.56 Å². The molecule has 0 saturated heterocycles. The molecule has 20 heavy (non-hydrogen) atoms. The lowest BCUT2D eigenvalue weighted by atomic mass is 10.1. The molecule has 0 atom stereocenters. The van der Waals surface area contributed by atoms with Crippen molar-refractivity contribution in [1.29, 1.82) is 0 Å². The van der Waals surface area contributed by atoms with E-state index in [0.717, 1.165) is 17.5 Å². The van der Waals surface area contributed by atoms with Gasteiger partial charge < -0.3 is 10.2 Å². The Bertz CT molecular complexity index is 674. The summed E-state index contributed by atoms with van der Waals surface area (Å²) in [5.41, 5.74) is 8.58. The van der Waals surface area contributed by atoms with Crippen LogP contribution in [0.5, 0.6) is 0 Å². The van der Waals surface area contributed by atoms with E-state index >= 15 is 0 Å². The van der Waals surface area contributed by atoms with Crippen LogP contribution in [0, 0.1) is 0 Å². The molecule has 3 aromatic rings. The molecule has 0 aliphatic carbocycles. The third kappa shape index (κ3) is 2.60. The number of hydrogen-bond donors (Lipinski definition) is 1. The van der Waals surface area contributed by atoms with Crippen molar-refractivity contribution in [2.75, 3.05) is 6.54 Å². The van der Waals surface area contributed by atoms with Gasteiger partial charge in [0.2, 0.25) is 11.8 Å². The smallest absolute Gasteiger partial charge is 0.248 e. The van der Waals surface area contributed by atoms with Crippen LogP contribution >= 0.6 is 0 Å². The van der Waals surface area contributed by atoms with E-state index in [0.29, 0.717) is 18.3 Å². The largest absolute Gasteiger partial charge is 0.416 e. The van der Waals surface area contributed by atoms with Crippen LogP contribution in [-0.2, 0) is 6.42 Å². The number of aromatic nitrogens is 2. The Labute approximate surface area is 117 Å². The van der Waals surface area contributed by atoms with Crippen molar-refractivity contribution in [2.45, 2.75) is 6.42 Å². The maximum absolute atomic E-state index is 5.71. The van der Waals surface area contributed by atoms with E-state index in [1.165, 1.54) is 5.56 Å². The molecule has 3 rings (SSSR count). The molecule has 0 spiro atoms. The third-order valence-electron chi connectivity index (χ3n) is 3.08. The number of nitrogens with two attached hydrogens (primary N) is 1. The van der Waals surface area contributed by atoms with E-state index < -0.39 is 0 Å². The predicted octanol–water partition coefficient (Wildman–Crippen LogP) is 2.90. The van der Waals surface area contributed by atoms with Crippen molar-refractivity contribution in [2.24, 2.45) is 5.73 Å². The minimum absolute atomic E-state index is 0.531. The molecule has 0 bridgehead atoms. The summed E-state index contributed by atoms with van der Waals surface area (Å²) in [6.07, 6.45) is 0.874. The fraction of sp³-hybridized carbons (Fsp3) is 0.125. The van der Waals surface area contributed by atoms with E-state index in [1.807, 2.05) is 54.6 Å². The molecular formula is C16H15N3O. The molecule has 4 heteroatoms. The highest BCUT2D eigenvalue weighted by molar-refractivity contribution is 5.57. The number of nitrogens with zero attached hydrogens (tertiary/aromatic N) is 2. The third-order valence-corrected chi connectivity index (χ3v) is 3.08. The highest BCUT2D eigenvalue weighted by Crippen LogP contribution is 2.23. The summed E-state index contributed by atoms with van der Waals surface area (Å²) in [7, 11) is 0. The number of benzene rings is 2. The second kappa shape index (κ2) is 5.67. The SMILES string of the molecule is NCCc1ccc(-c2nnc(-c3ccccc3)o2)cc1. The van der Waals surface area contributed by atoms with Crippen LogP contribution in [0.3, 0.4) is 0 Å². The maximum Gasteiger partial charge on any atom is 0.248 e. The molecule has 0 fully saturated rings. The first kappa shape index (κ1) is 12.6. The Balaban J connectivity index is 1.86. The lowest BCUT2D eigenvalue weighted by molar-refractivity contribution is 0.584. The van der Waals surface area contributed by atoms with Gasteiger partial charge in [-0.3, -0.25) is 0 Å². The van der Waals surface area contributed by atoms with Gasteiger partial charge in [-0.25, -0.2) is 0 Å². The molecule has 0 aliphatic heterocycles. The first-order chi connectivity index (χ1) is 9.86. The molecule has 1 heterocycles. The zero-order valence-electron chi connectivity index (χ0n) is 11.0. The van der Waals surface area contributed by atoms with Crippen LogP contribution in [0.15, 0.2) is 59.0 Å². The van der Waals surface area contributed by atoms with Gasteiger partial charge in [0.1, 0.15) is 0 Å². The van der Waals surface area contributed by atoms with Crippen molar-refractivity contribution < 1.29 is 4.42 Å². The van der Waals surface area contributed by atoms with Crippen molar-refractivity contribution >= 4 is 0 Å². The Kier molecular flexibility index (Phi) is 3.56. The fourth-order valence-electron chi connectivity index (χ4n) is 2.02. The van der Waals surface area contributed by atoms with Gasteiger partial charge in [-0.1, -0.05) is 30.3 Å². The number of hydrogen-bond acceptors (Lipinski definition) is 4. The Hall–Kier alpha value is -2.46. The molecule has 100 valence electrons. The Morgan fingerprint density at radius 3 is 2.00 bits per heavy atom. The van der Waals surface area contributed by atoms with Gasteiger partial charge in [0.15, 0.2) is 0 Å². The second-order valence-electron chi connectivity index (χ2n) is 4.51. The summed E-state index contributed by atoms with van der Waals surface area (Å²) in [6, 6.07) is 17.8. The average Bonchev–Trinajstić information content (AvgIpc) is 2.99. The van der Waals surface area contributed by atoms with Crippen LogP contribution in [0.4, 0.5) is 0 Å². The minimum Gasteiger partial charge on any atom is -0.416 e. The van der Waals surface area contributed by atoms with Crippen LogP contribution in [0.2, 0.25) is 0 Å². The summed E-state index contributed by atoms with van der Waals surface area (Å²) < 4.78 is 5.71. The van der Waals surface area contributed by atoms with Gasteiger partial charge in [-0.05, 0) is 42.8 Å². The van der Waals surface area contributed by atoms with Gasteiger partial charge in [0, 0.05) is 11.1 Å². The molecule has 0 radical (unpaired) electrons. The quantitative estimate of drug-likeness (QED) is 0.787. The monoisotopic (exact) mass is 265 g/mol. The fourth-order valence-corrected chi connectivity index (χ4v) is 2.02. The minimum atomic E-state index is 0.531. The Morgan fingerprint density at radius 2 is 1.40 bits per heavy atom. The van der Waals surface area contributed by atoms with Crippen molar-refractivity contribution in [1.82, 2.24) is 10.2 Å². The van der Waals surface area contributed by atoms with E-state index in [9.17, 15) is 0 Å². The van der Waals surface area contributed by atoms with Gasteiger partial charge in [-0.15, -0.1) is 10.2 Å². The zero-order chi connectivity index (χ0) is 13.8. The maximum atomic E-state index is 5.71. The molecule has 2 aromatic carbocycles. The molecule has 1 aromatic heterocycles. The average molecular weight is 265 g/mol. The van der Waals surface area contributed by atoms with E-state index in [-0.39, 0.29) is 0 Å². The summed E-state index contributed by atoms with van der Waals surface area (Å²) >= 11 is 0. The van der Waals surface area contributed by atoms with Crippen molar-refractivity contribution in [3.63, 3.8) is 0 Å². The normalized spacial score (nSPS) is 10.7. The highest BCUT2D eigenvalue weighted by atomic mass is 16.4. The van der Waals surface area contributed by atoms with E-state index in [2.05, 4.69) is 10.2 Å². The molecule has 0 unspecified atom stereocenters. The van der Waals surface area contributed by atoms with E-state index in [1.54, 1.807) is 0 Å². The molecular weight excluding hydrogens is 250 g/mol. The highest BCUT2D eigenvalue weighted by Gasteiger charge is 2.09. The van der Waals surface area contributed by atoms with Crippen LogP contribution < -0.4 is 5.73 Å². The van der Waals surface area contributed by atoms with Crippen molar-refractivity contribution in [3.8, 4) is 22.9 Å². The van der Waals surface area contributed by atoms with Gasteiger partial charge in [-0.2, -0.15) is 0 Å². The van der Waals surface area contributed by atoms with Gasteiger partial charge in [0.25, 0.3) is 0 Å². The van der Waals surface area contributed by atoms with E-state index in [4.69, 9.17) is 10.2 Å². The molecule has 0 aliphatic rings. The summed E-state index contributed by atoms with van der Waals surface area (Å²) in [5, 5.41) is 8.18. The summed E-state index contributed by atoms with van der Waals surface area (Å²) in [5.74, 6) is 1.06. The van der Waals surface area contributed by atoms with Crippen LogP contribution in [0.25, 0.3) is 22.9 Å². The summed E-state index contributed by atoms with van der Waals surface area (Å²) in [6.45, 7) is 0.651. The lowest BCUT2D eigenvalue weighted by Crippen LogP contribution is -2.02. The Morgan fingerprint density at radius 1 is 0.800 bits per heavy atom. The molecule has 2 N–H and O–H groups in total. The number of rotatable bonds is 4. The topological polar surface area (TPSA) is 64.9 Å². The van der Waals surface area contributed by atoms with Gasteiger partial charge >= 0.3 is 0 Å². The first-order valence-corrected chi connectivity index (χ1v) is 6.55. The lowest BCUT2D eigenvalue weighted by Gasteiger charge is -1.99.